The molecule has 0 saturated carbocycles. The van der Waals surface area contributed by atoms with Gasteiger partial charge in [0.1, 0.15) is 0 Å². The summed E-state index contributed by atoms with van der Waals surface area (Å²) in [6, 6.07) is 53.8. The molecule has 5 aromatic carbocycles. The molecule has 0 radical (unpaired) electrons. The van der Waals surface area contributed by atoms with Gasteiger partial charge in [-0.2, -0.15) is 0 Å². The number of nitrogens with zero attached hydrogens (tertiary/aromatic N) is 6. The van der Waals surface area contributed by atoms with Gasteiger partial charge in [0.2, 0.25) is 0 Å². The Morgan fingerprint density at radius 1 is 0.368 bits per heavy atom. The van der Waals surface area contributed by atoms with Gasteiger partial charge < -0.3 is 9.13 Å². The van der Waals surface area contributed by atoms with Crippen LogP contribution >= 0.6 is 0 Å². The lowest BCUT2D eigenvalue weighted by atomic mass is 9.94. The molecule has 0 amide bonds. The van der Waals surface area contributed by atoms with Crippen molar-refractivity contribution in [2.45, 2.75) is 6.92 Å². The average molecular weight is 731 g/mol. The Labute approximate surface area is 329 Å². The number of rotatable bonds is 6. The van der Waals surface area contributed by atoms with Crippen molar-refractivity contribution in [1.29, 1.82) is 0 Å². The van der Waals surface area contributed by atoms with E-state index in [9.17, 15) is 0 Å². The monoisotopic (exact) mass is 730 g/mol. The molecule has 0 fully saturated rings. The molecule has 0 N–H and O–H groups in total. The normalized spacial score (nSPS) is 11.6. The Morgan fingerprint density at radius 2 is 0.895 bits per heavy atom. The topological polar surface area (TPSA) is 61.4 Å². The van der Waals surface area contributed by atoms with Crippen LogP contribution < -0.4 is 0 Å². The molecule has 0 aliphatic carbocycles. The number of aromatic nitrogens is 6. The summed E-state index contributed by atoms with van der Waals surface area (Å²) in [5, 5.41) is 4.50. The van der Waals surface area contributed by atoms with Crippen LogP contribution in [0.3, 0.4) is 0 Å². The number of aryl methyl sites for hydroxylation is 1. The quantitative estimate of drug-likeness (QED) is 0.171. The van der Waals surface area contributed by atoms with Gasteiger partial charge in [-0.3, -0.25) is 19.9 Å². The van der Waals surface area contributed by atoms with Crippen molar-refractivity contribution in [3.05, 3.63) is 194 Å². The maximum Gasteiger partial charge on any atom is 0.0708 e. The van der Waals surface area contributed by atoms with Crippen LogP contribution in [0.5, 0.6) is 0 Å². The Hall–Kier alpha value is -7.70. The molecule has 0 aliphatic rings. The summed E-state index contributed by atoms with van der Waals surface area (Å²) in [5.41, 5.74) is 16.5. The van der Waals surface area contributed by atoms with E-state index in [0.717, 1.165) is 99.8 Å². The van der Waals surface area contributed by atoms with E-state index in [0.29, 0.717) is 0 Å². The molecule has 0 atom stereocenters. The largest absolute Gasteiger partial charge is 0.309 e. The van der Waals surface area contributed by atoms with E-state index in [-0.39, 0.29) is 0 Å². The lowest BCUT2D eigenvalue weighted by Crippen LogP contribution is -1.98. The van der Waals surface area contributed by atoms with Gasteiger partial charge >= 0.3 is 0 Å². The van der Waals surface area contributed by atoms with Gasteiger partial charge in [-0.15, -0.1) is 0 Å². The minimum atomic E-state index is 0.954. The molecule has 0 saturated heterocycles. The number of pyridine rings is 4. The smallest absolute Gasteiger partial charge is 0.0708 e. The van der Waals surface area contributed by atoms with Crippen molar-refractivity contribution in [3.63, 3.8) is 0 Å². The zero-order valence-corrected chi connectivity index (χ0v) is 31.1. The third kappa shape index (κ3) is 5.41. The highest BCUT2D eigenvalue weighted by Crippen LogP contribution is 2.40. The van der Waals surface area contributed by atoms with Crippen LogP contribution in [0.2, 0.25) is 0 Å². The standard InChI is InChI=1S/C51H34N6/c1-33-15-18-40(47-14-5-7-24-55-47)41(27-33)35-17-20-49-43(29-35)45-32-53-26-22-51(45)57(49)37-10-8-9-36(30-37)56-48-19-16-34(28-42(48)44-31-52-25-21-50(44)56)38-11-2-3-12-39(38)46-13-4-6-23-54-46/h2-32H,1H3. The van der Waals surface area contributed by atoms with Crippen molar-refractivity contribution in [1.82, 2.24) is 29.1 Å². The van der Waals surface area contributed by atoms with Crippen LogP contribution in [0.1, 0.15) is 5.56 Å². The molecule has 6 aromatic heterocycles. The second-order valence-corrected chi connectivity index (χ2v) is 14.5. The molecule has 0 spiro atoms. The molecule has 6 heterocycles. The second kappa shape index (κ2) is 13.3. The Bertz CT molecular complexity index is 3310. The maximum absolute atomic E-state index is 4.70. The van der Waals surface area contributed by atoms with Gasteiger partial charge in [0.05, 0.1) is 33.5 Å². The highest BCUT2D eigenvalue weighted by atomic mass is 15.0. The minimum Gasteiger partial charge on any atom is -0.309 e. The molecular formula is C51H34N6. The SMILES string of the molecule is Cc1ccc(-c2ccccn2)c(-c2ccc3c(c2)c2cnccc2n3-c2cccc(-n3c4ccncc4c4cc(-c5ccccc5-c5ccccn5)ccc43)c2)c1. The molecule has 6 heteroatoms. The first-order chi connectivity index (χ1) is 28.2. The highest BCUT2D eigenvalue weighted by molar-refractivity contribution is 6.12. The van der Waals surface area contributed by atoms with E-state index >= 15 is 0 Å². The third-order valence-corrected chi connectivity index (χ3v) is 11.1. The van der Waals surface area contributed by atoms with E-state index < -0.39 is 0 Å². The van der Waals surface area contributed by atoms with Gasteiger partial charge in [0.15, 0.2) is 0 Å². The summed E-state index contributed by atoms with van der Waals surface area (Å²) < 4.78 is 4.71. The van der Waals surface area contributed by atoms with E-state index in [1.165, 1.54) is 5.56 Å². The van der Waals surface area contributed by atoms with Gasteiger partial charge in [-0.25, -0.2) is 0 Å². The van der Waals surface area contributed by atoms with Gasteiger partial charge in [-0.1, -0.05) is 78.4 Å². The molecule has 0 aliphatic heterocycles. The fourth-order valence-electron chi connectivity index (χ4n) is 8.52. The molecule has 0 bridgehead atoms. The molecule has 57 heavy (non-hydrogen) atoms. The molecule has 11 rings (SSSR count). The Morgan fingerprint density at radius 3 is 1.47 bits per heavy atom. The van der Waals surface area contributed by atoms with E-state index in [4.69, 9.17) is 4.98 Å². The summed E-state index contributed by atoms with van der Waals surface area (Å²) >= 11 is 0. The summed E-state index contributed by atoms with van der Waals surface area (Å²) in [4.78, 5) is 18.5. The molecule has 11 aromatic rings. The van der Waals surface area contributed by atoms with Crippen LogP contribution in [-0.2, 0) is 0 Å². The Balaban J connectivity index is 1.07. The van der Waals surface area contributed by atoms with Crippen LogP contribution in [-0.4, -0.2) is 29.1 Å². The highest BCUT2D eigenvalue weighted by Gasteiger charge is 2.19. The average Bonchev–Trinajstić information content (AvgIpc) is 3.79. The number of hydrogen-bond acceptors (Lipinski definition) is 4. The second-order valence-electron chi connectivity index (χ2n) is 14.5. The van der Waals surface area contributed by atoms with Crippen molar-refractivity contribution in [3.8, 4) is 56.1 Å². The third-order valence-electron chi connectivity index (χ3n) is 11.1. The van der Waals surface area contributed by atoms with Crippen LogP contribution in [0.25, 0.3) is 99.8 Å². The van der Waals surface area contributed by atoms with Crippen molar-refractivity contribution in [2.24, 2.45) is 0 Å². The first kappa shape index (κ1) is 32.7. The zero-order valence-electron chi connectivity index (χ0n) is 31.1. The van der Waals surface area contributed by atoms with Crippen LogP contribution in [0.4, 0.5) is 0 Å². The molecule has 6 nitrogen and oxygen atoms in total. The van der Waals surface area contributed by atoms with Crippen molar-refractivity contribution in [2.75, 3.05) is 0 Å². The summed E-state index contributed by atoms with van der Waals surface area (Å²) in [6.07, 6.45) is 11.4. The Kier molecular flexibility index (Phi) is 7.60. The van der Waals surface area contributed by atoms with Crippen LogP contribution in [0.15, 0.2) is 189 Å². The fourth-order valence-corrected chi connectivity index (χ4v) is 8.52. The lowest BCUT2D eigenvalue weighted by Gasteiger charge is -2.14. The number of benzene rings is 5. The summed E-state index contributed by atoms with van der Waals surface area (Å²) in [5.74, 6) is 0. The van der Waals surface area contributed by atoms with Gasteiger partial charge in [0, 0.05) is 81.2 Å². The van der Waals surface area contributed by atoms with Crippen LogP contribution in [0, 0.1) is 6.92 Å². The molecule has 268 valence electrons. The minimum absolute atomic E-state index is 0.954. The number of fused-ring (bicyclic) bond motifs is 6. The van der Waals surface area contributed by atoms with Crippen molar-refractivity contribution >= 4 is 43.6 Å². The van der Waals surface area contributed by atoms with Gasteiger partial charge in [0.25, 0.3) is 0 Å². The summed E-state index contributed by atoms with van der Waals surface area (Å²) in [6.45, 7) is 2.14. The van der Waals surface area contributed by atoms with E-state index in [1.807, 2.05) is 61.4 Å². The maximum atomic E-state index is 4.70. The lowest BCUT2D eigenvalue weighted by molar-refractivity contribution is 1.13. The fraction of sp³-hybridized carbons (Fsp3) is 0.0196. The van der Waals surface area contributed by atoms with Gasteiger partial charge in [-0.05, 0) is 108 Å². The van der Waals surface area contributed by atoms with E-state index in [2.05, 4.69) is 158 Å². The summed E-state index contributed by atoms with van der Waals surface area (Å²) in [7, 11) is 0. The predicted molar refractivity (Wildman–Crippen MR) is 233 cm³/mol. The zero-order chi connectivity index (χ0) is 37.9. The first-order valence-electron chi connectivity index (χ1n) is 19.1. The molecule has 0 unspecified atom stereocenters. The van der Waals surface area contributed by atoms with Crippen molar-refractivity contribution < 1.29 is 0 Å². The van der Waals surface area contributed by atoms with E-state index in [1.54, 1.807) is 0 Å². The number of hydrogen-bond donors (Lipinski definition) is 0. The molecular weight excluding hydrogens is 697 g/mol. The predicted octanol–water partition coefficient (Wildman–Crippen LogP) is 12.4. The first-order valence-corrected chi connectivity index (χ1v) is 19.1.